The van der Waals surface area contributed by atoms with Crippen LogP contribution in [0.15, 0.2) is 24.3 Å². The lowest BCUT2D eigenvalue weighted by atomic mass is 9.96. The number of hydrogen-bond acceptors (Lipinski definition) is 1. The number of nitrogens with zero attached hydrogens (tertiary/aromatic N) is 1. The van der Waals surface area contributed by atoms with E-state index in [1.165, 1.54) is 12.5 Å². The van der Waals surface area contributed by atoms with Gasteiger partial charge in [0.15, 0.2) is 0 Å². The van der Waals surface area contributed by atoms with Gasteiger partial charge in [0.1, 0.15) is 5.82 Å². The van der Waals surface area contributed by atoms with Gasteiger partial charge in [0.25, 0.3) is 0 Å². The maximum absolute atomic E-state index is 13.3. The molecule has 2 heteroatoms. The fraction of sp³-hybridized carbons (Fsp3) is 0.455. The van der Waals surface area contributed by atoms with E-state index >= 15 is 0 Å². The van der Waals surface area contributed by atoms with E-state index in [9.17, 15) is 4.39 Å². The highest BCUT2D eigenvalue weighted by Crippen LogP contribution is 2.27. The minimum atomic E-state index is -0.1000. The van der Waals surface area contributed by atoms with Crippen molar-refractivity contribution >= 4 is 5.69 Å². The first kappa shape index (κ1) is 8.54. The summed E-state index contributed by atoms with van der Waals surface area (Å²) >= 11 is 0. The van der Waals surface area contributed by atoms with Crippen LogP contribution in [0.5, 0.6) is 0 Å². The molecule has 0 atom stereocenters. The minimum Gasteiger partial charge on any atom is -0.368 e. The summed E-state index contributed by atoms with van der Waals surface area (Å²) in [5, 5.41) is 0. The van der Waals surface area contributed by atoms with Gasteiger partial charge in [0, 0.05) is 13.1 Å². The summed E-state index contributed by atoms with van der Waals surface area (Å²) in [7, 11) is 0. The van der Waals surface area contributed by atoms with Gasteiger partial charge in [0.05, 0.1) is 5.69 Å². The van der Waals surface area contributed by atoms with Crippen LogP contribution >= 0.6 is 0 Å². The monoisotopic (exact) mass is 179 g/mol. The quantitative estimate of drug-likeness (QED) is 0.674. The van der Waals surface area contributed by atoms with Crippen LogP contribution in [0.1, 0.15) is 13.3 Å². The van der Waals surface area contributed by atoms with Crippen molar-refractivity contribution in [3.8, 4) is 0 Å². The molecule has 1 aromatic rings. The van der Waals surface area contributed by atoms with E-state index < -0.39 is 0 Å². The summed E-state index contributed by atoms with van der Waals surface area (Å²) in [6, 6.07) is 6.99. The first-order chi connectivity index (χ1) is 6.31. The van der Waals surface area contributed by atoms with Crippen molar-refractivity contribution in [2.24, 2.45) is 5.92 Å². The maximum Gasteiger partial charge on any atom is 0.146 e. The van der Waals surface area contributed by atoms with E-state index in [1.54, 1.807) is 6.07 Å². The molecule has 13 heavy (non-hydrogen) atoms. The summed E-state index contributed by atoms with van der Waals surface area (Å²) < 4.78 is 13.3. The normalized spacial score (nSPS) is 17.2. The molecule has 0 bridgehead atoms. The van der Waals surface area contributed by atoms with Gasteiger partial charge in [0.2, 0.25) is 0 Å². The third-order valence-corrected chi connectivity index (χ3v) is 2.73. The van der Waals surface area contributed by atoms with E-state index in [4.69, 9.17) is 0 Å². The first-order valence-corrected chi connectivity index (χ1v) is 4.80. The van der Waals surface area contributed by atoms with Crippen LogP contribution in [-0.2, 0) is 0 Å². The minimum absolute atomic E-state index is 0.1000. The molecule has 1 aliphatic heterocycles. The maximum atomic E-state index is 13.3. The zero-order valence-electron chi connectivity index (χ0n) is 7.83. The Bertz CT molecular complexity index is 292. The van der Waals surface area contributed by atoms with Crippen molar-refractivity contribution in [3.05, 3.63) is 30.1 Å². The molecule has 1 fully saturated rings. The van der Waals surface area contributed by atoms with Crippen LogP contribution < -0.4 is 4.90 Å². The smallest absolute Gasteiger partial charge is 0.146 e. The van der Waals surface area contributed by atoms with E-state index in [2.05, 4.69) is 11.8 Å². The predicted octanol–water partition coefficient (Wildman–Crippen LogP) is 2.67. The Hall–Kier alpha value is -1.05. The molecular weight excluding hydrogens is 165 g/mol. The zero-order chi connectivity index (χ0) is 9.26. The fourth-order valence-electron chi connectivity index (χ4n) is 1.73. The van der Waals surface area contributed by atoms with Crippen molar-refractivity contribution in [1.29, 1.82) is 0 Å². The molecular formula is C11H14FN. The van der Waals surface area contributed by atoms with Crippen LogP contribution in [0.25, 0.3) is 0 Å². The second kappa shape index (κ2) is 3.36. The average Bonchev–Trinajstić information content (AvgIpc) is 2.06. The standard InChI is InChI=1S/C11H14FN/c1-2-9-7-13(8-9)11-6-4-3-5-10(11)12/h3-6,9H,2,7-8H2,1H3. The van der Waals surface area contributed by atoms with E-state index in [0.717, 1.165) is 24.7 Å². The third-order valence-electron chi connectivity index (χ3n) is 2.73. The SMILES string of the molecule is CCC1CN(c2ccccc2F)C1. The van der Waals surface area contributed by atoms with Crippen LogP contribution in [0, 0.1) is 11.7 Å². The van der Waals surface area contributed by atoms with E-state index in [0.29, 0.717) is 0 Å². The highest BCUT2D eigenvalue weighted by atomic mass is 19.1. The lowest BCUT2D eigenvalue weighted by Gasteiger charge is -2.40. The van der Waals surface area contributed by atoms with Crippen LogP contribution in [0.2, 0.25) is 0 Å². The van der Waals surface area contributed by atoms with Gasteiger partial charge < -0.3 is 4.90 Å². The number of anilines is 1. The summed E-state index contributed by atoms with van der Waals surface area (Å²) in [5.74, 6) is 0.664. The third kappa shape index (κ3) is 1.53. The first-order valence-electron chi connectivity index (χ1n) is 4.80. The Morgan fingerprint density at radius 2 is 2.08 bits per heavy atom. The van der Waals surface area contributed by atoms with Crippen molar-refractivity contribution in [3.63, 3.8) is 0 Å². The summed E-state index contributed by atoms with van der Waals surface area (Å²) in [6.45, 7) is 4.21. The van der Waals surface area contributed by atoms with Gasteiger partial charge in [-0.25, -0.2) is 4.39 Å². The largest absolute Gasteiger partial charge is 0.368 e. The molecule has 1 aliphatic rings. The fourth-order valence-corrected chi connectivity index (χ4v) is 1.73. The highest BCUT2D eigenvalue weighted by Gasteiger charge is 2.26. The molecule has 1 aromatic carbocycles. The molecule has 1 nitrogen and oxygen atoms in total. The van der Waals surface area contributed by atoms with Crippen LogP contribution in [-0.4, -0.2) is 13.1 Å². The molecule has 0 amide bonds. The predicted molar refractivity (Wildman–Crippen MR) is 52.4 cm³/mol. The molecule has 1 heterocycles. The van der Waals surface area contributed by atoms with Crippen molar-refractivity contribution < 1.29 is 4.39 Å². The summed E-state index contributed by atoms with van der Waals surface area (Å²) in [6.07, 6.45) is 1.20. The number of halogens is 1. The lowest BCUT2D eigenvalue weighted by molar-refractivity contribution is 0.394. The van der Waals surface area contributed by atoms with Gasteiger partial charge in [-0.15, -0.1) is 0 Å². The van der Waals surface area contributed by atoms with Crippen molar-refractivity contribution in [2.45, 2.75) is 13.3 Å². The Morgan fingerprint density at radius 1 is 1.38 bits per heavy atom. The lowest BCUT2D eigenvalue weighted by Crippen LogP contribution is -2.46. The molecule has 0 unspecified atom stereocenters. The Morgan fingerprint density at radius 3 is 2.69 bits per heavy atom. The molecule has 1 saturated heterocycles. The van der Waals surface area contributed by atoms with E-state index in [1.807, 2.05) is 12.1 Å². The second-order valence-corrected chi connectivity index (χ2v) is 3.63. The molecule has 70 valence electrons. The zero-order valence-corrected chi connectivity index (χ0v) is 7.83. The number of rotatable bonds is 2. The number of para-hydroxylation sites is 1. The molecule has 0 N–H and O–H groups in total. The number of hydrogen-bond donors (Lipinski definition) is 0. The molecule has 0 saturated carbocycles. The van der Waals surface area contributed by atoms with Gasteiger partial charge in [-0.1, -0.05) is 19.1 Å². The van der Waals surface area contributed by atoms with Crippen molar-refractivity contribution in [2.75, 3.05) is 18.0 Å². The molecule has 0 aliphatic carbocycles. The molecule has 0 spiro atoms. The van der Waals surface area contributed by atoms with Crippen molar-refractivity contribution in [1.82, 2.24) is 0 Å². The Balaban J connectivity index is 2.07. The molecule has 2 rings (SSSR count). The Labute approximate surface area is 78.2 Å². The highest BCUT2D eigenvalue weighted by molar-refractivity contribution is 5.49. The van der Waals surface area contributed by atoms with E-state index in [-0.39, 0.29) is 5.82 Å². The number of benzene rings is 1. The summed E-state index contributed by atoms with van der Waals surface area (Å²) in [5.41, 5.74) is 0.757. The molecule has 0 aromatic heterocycles. The van der Waals surface area contributed by atoms with Gasteiger partial charge in [-0.2, -0.15) is 0 Å². The van der Waals surface area contributed by atoms with Gasteiger partial charge in [-0.3, -0.25) is 0 Å². The second-order valence-electron chi connectivity index (χ2n) is 3.63. The van der Waals surface area contributed by atoms with Gasteiger partial charge >= 0.3 is 0 Å². The summed E-state index contributed by atoms with van der Waals surface area (Å²) in [4.78, 5) is 2.10. The topological polar surface area (TPSA) is 3.24 Å². The molecule has 0 radical (unpaired) electrons. The van der Waals surface area contributed by atoms with Crippen LogP contribution in [0.4, 0.5) is 10.1 Å². The average molecular weight is 179 g/mol. The van der Waals surface area contributed by atoms with Crippen LogP contribution in [0.3, 0.4) is 0 Å². The Kier molecular flexibility index (Phi) is 2.21. The van der Waals surface area contributed by atoms with Gasteiger partial charge in [-0.05, 0) is 24.5 Å².